The fourth-order valence-corrected chi connectivity index (χ4v) is 4.32. The minimum absolute atomic E-state index is 0.220. The van der Waals surface area contributed by atoms with Gasteiger partial charge in [-0.1, -0.05) is 6.92 Å². The van der Waals surface area contributed by atoms with Gasteiger partial charge in [-0.3, -0.25) is 4.90 Å². The second kappa shape index (κ2) is 6.14. The highest BCUT2D eigenvalue weighted by molar-refractivity contribution is 7.89. The molecule has 0 aliphatic carbocycles. The van der Waals surface area contributed by atoms with Gasteiger partial charge in [-0.05, 0) is 44.2 Å². The maximum Gasteiger partial charge on any atom is 0.243 e. The second-order valence-electron chi connectivity index (χ2n) is 5.43. The molecule has 6 heteroatoms. The molecule has 0 bridgehead atoms. The zero-order valence-electron chi connectivity index (χ0n) is 12.7. The largest absolute Gasteiger partial charge is 0.298 e. The predicted octanol–water partition coefficient (Wildman–Crippen LogP) is 1.58. The lowest BCUT2D eigenvalue weighted by molar-refractivity contribution is 0.135. The smallest absolute Gasteiger partial charge is 0.243 e. The zero-order chi connectivity index (χ0) is 15.6. The van der Waals surface area contributed by atoms with Crippen LogP contribution in [0, 0.1) is 18.3 Å². The van der Waals surface area contributed by atoms with E-state index in [1.54, 1.807) is 23.4 Å². The van der Waals surface area contributed by atoms with Crippen molar-refractivity contribution in [2.45, 2.75) is 31.7 Å². The highest BCUT2D eigenvalue weighted by Crippen LogP contribution is 2.22. The Morgan fingerprint density at radius 2 is 2.10 bits per heavy atom. The maximum absolute atomic E-state index is 12.7. The van der Waals surface area contributed by atoms with Crippen LogP contribution < -0.4 is 0 Å². The van der Waals surface area contributed by atoms with Gasteiger partial charge in [0, 0.05) is 25.7 Å². The average Bonchev–Trinajstić information content (AvgIpc) is 2.47. The van der Waals surface area contributed by atoms with Gasteiger partial charge in [0.2, 0.25) is 10.0 Å². The number of nitriles is 1. The molecule has 1 heterocycles. The summed E-state index contributed by atoms with van der Waals surface area (Å²) in [6.07, 6.45) is 0. The van der Waals surface area contributed by atoms with Crippen molar-refractivity contribution in [1.29, 1.82) is 5.26 Å². The van der Waals surface area contributed by atoms with E-state index in [4.69, 9.17) is 5.26 Å². The number of hydrogen-bond acceptors (Lipinski definition) is 4. The normalized spacial score (nSPS) is 21.1. The molecule has 1 saturated heterocycles. The zero-order valence-corrected chi connectivity index (χ0v) is 13.5. The first-order valence-corrected chi connectivity index (χ1v) is 8.59. The van der Waals surface area contributed by atoms with Crippen molar-refractivity contribution in [3.8, 4) is 6.07 Å². The van der Waals surface area contributed by atoms with E-state index in [1.807, 2.05) is 0 Å². The van der Waals surface area contributed by atoms with E-state index in [0.717, 1.165) is 13.1 Å². The van der Waals surface area contributed by atoms with Crippen LogP contribution in [-0.4, -0.2) is 49.8 Å². The summed E-state index contributed by atoms with van der Waals surface area (Å²) in [6.45, 7) is 8.61. The highest BCUT2D eigenvalue weighted by atomic mass is 32.2. The first-order valence-electron chi connectivity index (χ1n) is 7.15. The van der Waals surface area contributed by atoms with E-state index < -0.39 is 10.0 Å². The SMILES string of the molecule is CCN1CCN(S(=O)(=O)c2ccc(C#N)c(C)c2)CC1C. The van der Waals surface area contributed by atoms with E-state index in [0.29, 0.717) is 24.2 Å². The van der Waals surface area contributed by atoms with E-state index in [9.17, 15) is 8.42 Å². The van der Waals surface area contributed by atoms with Gasteiger partial charge in [0.25, 0.3) is 0 Å². The monoisotopic (exact) mass is 307 g/mol. The lowest BCUT2D eigenvalue weighted by Crippen LogP contribution is -2.53. The third-order valence-corrected chi connectivity index (χ3v) is 5.95. The van der Waals surface area contributed by atoms with Gasteiger partial charge in [0.15, 0.2) is 0 Å². The summed E-state index contributed by atoms with van der Waals surface area (Å²) in [5, 5.41) is 8.94. The summed E-state index contributed by atoms with van der Waals surface area (Å²) >= 11 is 0. The van der Waals surface area contributed by atoms with Gasteiger partial charge in [-0.25, -0.2) is 8.42 Å². The molecule has 0 saturated carbocycles. The van der Waals surface area contributed by atoms with E-state index in [2.05, 4.69) is 24.8 Å². The summed E-state index contributed by atoms with van der Waals surface area (Å²) in [4.78, 5) is 2.55. The standard InChI is InChI=1S/C15H21N3O2S/c1-4-17-7-8-18(11-13(17)3)21(19,20)15-6-5-14(10-16)12(2)9-15/h5-6,9,13H,4,7-8,11H2,1-3H3. The number of aryl methyl sites for hydroxylation is 1. The van der Waals surface area contributed by atoms with Crippen LogP contribution in [0.4, 0.5) is 0 Å². The predicted molar refractivity (Wildman–Crippen MR) is 81.4 cm³/mol. The molecule has 0 spiro atoms. The van der Waals surface area contributed by atoms with Crippen LogP contribution >= 0.6 is 0 Å². The number of hydrogen-bond donors (Lipinski definition) is 0. The van der Waals surface area contributed by atoms with Gasteiger partial charge in [0.1, 0.15) is 0 Å². The summed E-state index contributed by atoms with van der Waals surface area (Å²) in [5.74, 6) is 0. The van der Waals surface area contributed by atoms with Crippen LogP contribution in [-0.2, 0) is 10.0 Å². The van der Waals surface area contributed by atoms with Crippen LogP contribution in [0.2, 0.25) is 0 Å². The van der Waals surface area contributed by atoms with Crippen LogP contribution in [0.25, 0.3) is 0 Å². The minimum Gasteiger partial charge on any atom is -0.298 e. The van der Waals surface area contributed by atoms with Crippen LogP contribution in [0.3, 0.4) is 0 Å². The molecule has 0 aromatic heterocycles. The molecule has 0 amide bonds. The number of rotatable bonds is 3. The number of piperazine rings is 1. The van der Waals surface area contributed by atoms with Gasteiger partial charge in [0.05, 0.1) is 16.5 Å². The molecule has 5 nitrogen and oxygen atoms in total. The van der Waals surface area contributed by atoms with Crippen molar-refractivity contribution in [3.63, 3.8) is 0 Å². The lowest BCUT2D eigenvalue weighted by Gasteiger charge is -2.38. The number of sulfonamides is 1. The van der Waals surface area contributed by atoms with Crippen LogP contribution in [0.15, 0.2) is 23.1 Å². The Morgan fingerprint density at radius 1 is 1.38 bits per heavy atom. The summed E-state index contributed by atoms with van der Waals surface area (Å²) in [6, 6.07) is 6.97. The molecule has 1 unspecified atom stereocenters. The average molecular weight is 307 g/mol. The molecule has 1 aromatic rings. The van der Waals surface area contributed by atoms with E-state index >= 15 is 0 Å². The molecule has 21 heavy (non-hydrogen) atoms. The summed E-state index contributed by atoms with van der Waals surface area (Å²) < 4.78 is 27.0. The van der Waals surface area contributed by atoms with Gasteiger partial charge >= 0.3 is 0 Å². The van der Waals surface area contributed by atoms with Gasteiger partial charge in [-0.2, -0.15) is 9.57 Å². The molecule has 0 N–H and O–H groups in total. The third-order valence-electron chi connectivity index (χ3n) is 4.09. The van der Waals surface area contributed by atoms with Gasteiger partial charge in [-0.15, -0.1) is 0 Å². The lowest BCUT2D eigenvalue weighted by atomic mass is 10.1. The number of nitrogens with zero attached hydrogens (tertiary/aromatic N) is 3. The fourth-order valence-electron chi connectivity index (χ4n) is 2.72. The number of likely N-dealkylation sites (N-methyl/N-ethyl adjacent to an activating group) is 1. The Hall–Kier alpha value is -1.42. The molecule has 0 radical (unpaired) electrons. The Kier molecular flexibility index (Phi) is 4.67. The first kappa shape index (κ1) is 16.0. The molecule has 1 fully saturated rings. The fraction of sp³-hybridized carbons (Fsp3) is 0.533. The van der Waals surface area contributed by atoms with Crippen molar-refractivity contribution in [3.05, 3.63) is 29.3 Å². The Balaban J connectivity index is 2.27. The Labute approximate surface area is 126 Å². The molecule has 2 rings (SSSR count). The Bertz CT molecular complexity index is 664. The van der Waals surface area contributed by atoms with Crippen molar-refractivity contribution in [2.75, 3.05) is 26.2 Å². The quantitative estimate of drug-likeness (QED) is 0.850. The molecular formula is C15H21N3O2S. The van der Waals surface area contributed by atoms with Gasteiger partial charge < -0.3 is 0 Å². The van der Waals surface area contributed by atoms with E-state index in [1.165, 1.54) is 6.07 Å². The van der Waals surface area contributed by atoms with E-state index in [-0.39, 0.29) is 10.9 Å². The molecule has 1 atom stereocenters. The van der Waals surface area contributed by atoms with Crippen molar-refractivity contribution >= 4 is 10.0 Å². The molecule has 114 valence electrons. The highest BCUT2D eigenvalue weighted by Gasteiger charge is 2.31. The summed E-state index contributed by atoms with van der Waals surface area (Å²) in [7, 11) is -3.48. The minimum atomic E-state index is -3.48. The molecule has 1 aliphatic heterocycles. The van der Waals surface area contributed by atoms with Crippen molar-refractivity contribution in [2.24, 2.45) is 0 Å². The number of benzene rings is 1. The van der Waals surface area contributed by atoms with Crippen LogP contribution in [0.1, 0.15) is 25.0 Å². The van der Waals surface area contributed by atoms with Crippen molar-refractivity contribution < 1.29 is 8.42 Å². The molecular weight excluding hydrogens is 286 g/mol. The molecule has 1 aliphatic rings. The Morgan fingerprint density at radius 3 is 2.62 bits per heavy atom. The summed E-state index contributed by atoms with van der Waals surface area (Å²) in [5.41, 5.74) is 1.21. The van der Waals surface area contributed by atoms with Crippen LogP contribution in [0.5, 0.6) is 0 Å². The second-order valence-corrected chi connectivity index (χ2v) is 7.37. The first-order chi connectivity index (χ1) is 9.90. The van der Waals surface area contributed by atoms with Crippen molar-refractivity contribution in [1.82, 2.24) is 9.21 Å². The third kappa shape index (κ3) is 3.10. The maximum atomic E-state index is 12.7. The molecule has 1 aromatic carbocycles. The topological polar surface area (TPSA) is 64.4 Å².